The number of nitrogens with zero attached hydrogens (tertiary/aromatic N) is 2. The summed E-state index contributed by atoms with van der Waals surface area (Å²) in [6, 6.07) is 0. The van der Waals surface area contributed by atoms with Gasteiger partial charge in [-0.2, -0.15) is 5.06 Å². The molecular formula is C8H16N2O. The normalized spacial score (nSPS) is 21.9. The van der Waals surface area contributed by atoms with Crippen molar-refractivity contribution in [1.82, 2.24) is 9.96 Å². The molecule has 1 aliphatic heterocycles. The van der Waals surface area contributed by atoms with E-state index < -0.39 is 0 Å². The lowest BCUT2D eigenvalue weighted by atomic mass is 10.3. The van der Waals surface area contributed by atoms with Gasteiger partial charge in [-0.25, -0.2) is 0 Å². The van der Waals surface area contributed by atoms with Crippen LogP contribution in [0.3, 0.4) is 0 Å². The van der Waals surface area contributed by atoms with Crippen molar-refractivity contribution < 1.29 is 4.84 Å². The average Bonchev–Trinajstić information content (AvgIpc) is 2.07. The third-order valence-electron chi connectivity index (χ3n) is 1.98. The van der Waals surface area contributed by atoms with Crippen molar-refractivity contribution in [3.8, 4) is 0 Å². The van der Waals surface area contributed by atoms with Gasteiger partial charge in [0.15, 0.2) is 0 Å². The fourth-order valence-corrected chi connectivity index (χ4v) is 1.28. The van der Waals surface area contributed by atoms with Gasteiger partial charge in [-0.1, -0.05) is 6.08 Å². The molecule has 3 heteroatoms. The summed E-state index contributed by atoms with van der Waals surface area (Å²) < 4.78 is 0. The minimum Gasteiger partial charge on any atom is -0.302 e. The Morgan fingerprint density at radius 1 is 1.36 bits per heavy atom. The van der Waals surface area contributed by atoms with Crippen LogP contribution in [0.5, 0.6) is 0 Å². The summed E-state index contributed by atoms with van der Waals surface area (Å²) in [5.41, 5.74) is 0. The first-order valence-corrected chi connectivity index (χ1v) is 3.99. The highest BCUT2D eigenvalue weighted by atomic mass is 16.7. The zero-order valence-corrected chi connectivity index (χ0v) is 7.12. The summed E-state index contributed by atoms with van der Waals surface area (Å²) in [5, 5.41) is 1.99. The highest BCUT2D eigenvalue weighted by Crippen LogP contribution is 2.00. The second kappa shape index (κ2) is 4.49. The van der Waals surface area contributed by atoms with Crippen LogP contribution in [0.2, 0.25) is 0 Å². The second-order valence-electron chi connectivity index (χ2n) is 2.70. The van der Waals surface area contributed by atoms with E-state index in [1.807, 2.05) is 11.1 Å². The highest BCUT2D eigenvalue weighted by molar-refractivity contribution is 4.76. The molecule has 0 aromatic rings. The van der Waals surface area contributed by atoms with Crippen LogP contribution in [0, 0.1) is 0 Å². The predicted molar refractivity (Wildman–Crippen MR) is 45.2 cm³/mol. The van der Waals surface area contributed by atoms with Crippen molar-refractivity contribution in [1.29, 1.82) is 0 Å². The van der Waals surface area contributed by atoms with Gasteiger partial charge in [0.1, 0.15) is 0 Å². The molecule has 1 fully saturated rings. The van der Waals surface area contributed by atoms with Crippen molar-refractivity contribution in [2.45, 2.75) is 0 Å². The Labute approximate surface area is 68.2 Å². The first-order chi connectivity index (χ1) is 5.36. The molecule has 64 valence electrons. The summed E-state index contributed by atoms with van der Waals surface area (Å²) in [6.07, 6.45) is 1.95. The number of hydrogen-bond acceptors (Lipinski definition) is 3. The van der Waals surface area contributed by atoms with Crippen molar-refractivity contribution in [2.75, 3.05) is 39.8 Å². The molecule has 0 aliphatic carbocycles. The van der Waals surface area contributed by atoms with Crippen LogP contribution < -0.4 is 0 Å². The predicted octanol–water partition coefficient (Wildman–Crippen LogP) is 0.351. The van der Waals surface area contributed by atoms with Crippen LogP contribution in [-0.4, -0.2) is 49.8 Å². The molecule has 1 saturated heterocycles. The minimum absolute atomic E-state index is 0.998. The molecule has 1 rings (SSSR count). The molecule has 1 aliphatic rings. The quantitative estimate of drug-likeness (QED) is 0.548. The molecule has 0 spiro atoms. The maximum Gasteiger partial charge on any atom is 0.0575 e. The SMILES string of the molecule is C=CCN1CCN(OC)CC1. The Bertz CT molecular complexity index is 119. The Hall–Kier alpha value is -0.380. The third-order valence-corrected chi connectivity index (χ3v) is 1.98. The fraction of sp³-hybridized carbons (Fsp3) is 0.750. The molecule has 0 unspecified atom stereocenters. The largest absolute Gasteiger partial charge is 0.302 e. The number of hydroxylamine groups is 2. The lowest BCUT2D eigenvalue weighted by Crippen LogP contribution is -2.45. The molecule has 0 aromatic carbocycles. The Morgan fingerprint density at radius 3 is 2.45 bits per heavy atom. The Morgan fingerprint density at radius 2 is 2.00 bits per heavy atom. The van der Waals surface area contributed by atoms with Gasteiger partial charge in [0.2, 0.25) is 0 Å². The molecule has 0 saturated carbocycles. The summed E-state index contributed by atoms with van der Waals surface area (Å²) in [6.45, 7) is 8.88. The van der Waals surface area contributed by atoms with E-state index in [2.05, 4.69) is 11.5 Å². The first kappa shape index (κ1) is 8.71. The van der Waals surface area contributed by atoms with E-state index >= 15 is 0 Å². The zero-order valence-electron chi connectivity index (χ0n) is 7.12. The van der Waals surface area contributed by atoms with Crippen LogP contribution >= 0.6 is 0 Å². The smallest absolute Gasteiger partial charge is 0.0575 e. The van der Waals surface area contributed by atoms with E-state index in [1.165, 1.54) is 0 Å². The molecule has 3 nitrogen and oxygen atoms in total. The van der Waals surface area contributed by atoms with Crippen LogP contribution in [0.25, 0.3) is 0 Å². The van der Waals surface area contributed by atoms with Gasteiger partial charge < -0.3 is 4.84 Å². The summed E-state index contributed by atoms with van der Waals surface area (Å²) in [5.74, 6) is 0. The molecule has 0 bridgehead atoms. The van der Waals surface area contributed by atoms with Crippen molar-refractivity contribution in [3.05, 3.63) is 12.7 Å². The molecular weight excluding hydrogens is 140 g/mol. The van der Waals surface area contributed by atoms with Crippen molar-refractivity contribution in [2.24, 2.45) is 0 Å². The standard InChI is InChI=1S/C8H16N2O/c1-3-4-9-5-7-10(11-2)8-6-9/h3H,1,4-8H2,2H3. The number of piperazine rings is 1. The van der Waals surface area contributed by atoms with E-state index in [1.54, 1.807) is 7.11 Å². The van der Waals surface area contributed by atoms with E-state index in [9.17, 15) is 0 Å². The first-order valence-electron chi connectivity index (χ1n) is 3.99. The van der Waals surface area contributed by atoms with Crippen molar-refractivity contribution >= 4 is 0 Å². The molecule has 1 heterocycles. The van der Waals surface area contributed by atoms with Gasteiger partial charge >= 0.3 is 0 Å². The van der Waals surface area contributed by atoms with Crippen LogP contribution in [0.15, 0.2) is 12.7 Å². The second-order valence-corrected chi connectivity index (χ2v) is 2.70. The minimum atomic E-state index is 0.998. The summed E-state index contributed by atoms with van der Waals surface area (Å²) in [4.78, 5) is 7.46. The molecule has 0 atom stereocenters. The monoisotopic (exact) mass is 156 g/mol. The lowest BCUT2D eigenvalue weighted by molar-refractivity contribution is -0.150. The molecule has 0 amide bonds. The molecule has 0 N–H and O–H groups in total. The Kier molecular flexibility index (Phi) is 3.56. The fourth-order valence-electron chi connectivity index (χ4n) is 1.28. The third kappa shape index (κ3) is 2.61. The molecule has 0 aromatic heterocycles. The maximum atomic E-state index is 5.10. The van der Waals surface area contributed by atoms with Gasteiger partial charge in [0.25, 0.3) is 0 Å². The topological polar surface area (TPSA) is 15.7 Å². The van der Waals surface area contributed by atoms with E-state index in [4.69, 9.17) is 4.84 Å². The summed E-state index contributed by atoms with van der Waals surface area (Å²) in [7, 11) is 1.73. The van der Waals surface area contributed by atoms with E-state index in [0.717, 1.165) is 32.7 Å². The molecule has 0 radical (unpaired) electrons. The van der Waals surface area contributed by atoms with E-state index in [0.29, 0.717) is 0 Å². The summed E-state index contributed by atoms with van der Waals surface area (Å²) >= 11 is 0. The van der Waals surface area contributed by atoms with Crippen LogP contribution in [0.1, 0.15) is 0 Å². The highest BCUT2D eigenvalue weighted by Gasteiger charge is 2.14. The molecule has 11 heavy (non-hydrogen) atoms. The van der Waals surface area contributed by atoms with Crippen LogP contribution in [-0.2, 0) is 4.84 Å². The van der Waals surface area contributed by atoms with Crippen LogP contribution in [0.4, 0.5) is 0 Å². The average molecular weight is 156 g/mol. The lowest BCUT2D eigenvalue weighted by Gasteiger charge is -2.32. The zero-order chi connectivity index (χ0) is 8.10. The van der Waals surface area contributed by atoms with Crippen molar-refractivity contribution in [3.63, 3.8) is 0 Å². The van der Waals surface area contributed by atoms with Gasteiger partial charge in [-0.3, -0.25) is 4.90 Å². The number of hydrogen-bond donors (Lipinski definition) is 0. The maximum absolute atomic E-state index is 5.10. The van der Waals surface area contributed by atoms with E-state index in [-0.39, 0.29) is 0 Å². The van der Waals surface area contributed by atoms with Gasteiger partial charge in [-0.15, -0.1) is 6.58 Å². The Balaban J connectivity index is 2.18. The van der Waals surface area contributed by atoms with Gasteiger partial charge in [0, 0.05) is 32.7 Å². The number of rotatable bonds is 3. The van der Waals surface area contributed by atoms with Gasteiger partial charge in [-0.05, 0) is 0 Å². The van der Waals surface area contributed by atoms with Gasteiger partial charge in [0.05, 0.1) is 7.11 Å².